The third-order valence-electron chi connectivity index (χ3n) is 3.58. The van der Waals surface area contributed by atoms with E-state index in [1.165, 1.54) is 28.9 Å². The summed E-state index contributed by atoms with van der Waals surface area (Å²) in [6, 6.07) is 11.4. The van der Waals surface area contributed by atoms with E-state index in [1.807, 2.05) is 36.4 Å². The third-order valence-corrected chi connectivity index (χ3v) is 5.79. The lowest BCUT2D eigenvalue weighted by Crippen LogP contribution is -2.14. The molecule has 0 aliphatic rings. The maximum atomic E-state index is 12.0. The predicted molar refractivity (Wildman–Crippen MR) is 109 cm³/mol. The van der Waals surface area contributed by atoms with Crippen LogP contribution in [0.25, 0.3) is 0 Å². The van der Waals surface area contributed by atoms with Crippen LogP contribution >= 0.6 is 34.9 Å². The van der Waals surface area contributed by atoms with Crippen molar-refractivity contribution in [3.63, 3.8) is 0 Å². The van der Waals surface area contributed by atoms with Gasteiger partial charge in [0.15, 0.2) is 0 Å². The van der Waals surface area contributed by atoms with Crippen LogP contribution in [0.3, 0.4) is 0 Å². The van der Waals surface area contributed by atoms with Gasteiger partial charge in [0, 0.05) is 16.5 Å². The average molecular weight is 405 g/mol. The number of rotatable bonds is 7. The zero-order valence-corrected chi connectivity index (χ0v) is 16.4. The number of anilines is 2. The molecule has 3 aromatic rings. The Morgan fingerprint density at radius 1 is 1.35 bits per heavy atom. The van der Waals surface area contributed by atoms with Crippen molar-refractivity contribution in [2.45, 2.75) is 23.6 Å². The minimum absolute atomic E-state index is 0.225. The van der Waals surface area contributed by atoms with Crippen LogP contribution in [0.1, 0.15) is 22.8 Å². The Bertz CT molecular complexity index is 884. The Labute approximate surface area is 165 Å². The zero-order chi connectivity index (χ0) is 18.5. The van der Waals surface area contributed by atoms with Gasteiger partial charge in [-0.25, -0.2) is 0 Å². The fraction of sp³-hybridized carbons (Fsp3) is 0.167. The number of nitrogens with two attached hydrogens (primary N) is 1. The number of pyridine rings is 1. The molecule has 0 spiro atoms. The van der Waals surface area contributed by atoms with E-state index < -0.39 is 5.91 Å². The number of hydrogen-bond acceptors (Lipinski definition) is 6. The van der Waals surface area contributed by atoms with Gasteiger partial charge in [0.2, 0.25) is 0 Å². The number of carbonyl (C=O) groups is 1. The van der Waals surface area contributed by atoms with E-state index in [1.54, 1.807) is 12.4 Å². The van der Waals surface area contributed by atoms with Crippen LogP contribution in [0.5, 0.6) is 0 Å². The molecule has 0 fully saturated rings. The normalized spacial score (nSPS) is 11.9. The number of thioether (sulfide) groups is 1. The summed E-state index contributed by atoms with van der Waals surface area (Å²) in [5.41, 5.74) is 7.99. The van der Waals surface area contributed by atoms with Crippen LogP contribution in [0, 0.1) is 0 Å². The molecule has 0 aliphatic heterocycles. The molecular weight excluding hydrogens is 388 g/mol. The van der Waals surface area contributed by atoms with Gasteiger partial charge in [-0.1, -0.05) is 30.7 Å². The number of nitrogens with zero attached hydrogens (tertiary/aromatic N) is 2. The van der Waals surface area contributed by atoms with Crippen LogP contribution < -0.4 is 11.1 Å². The minimum atomic E-state index is -0.494. The Kier molecular flexibility index (Phi) is 6.13. The van der Waals surface area contributed by atoms with Crippen molar-refractivity contribution in [3.05, 3.63) is 64.9 Å². The van der Waals surface area contributed by atoms with Crippen LogP contribution in [-0.2, 0) is 6.42 Å². The van der Waals surface area contributed by atoms with Crippen molar-refractivity contribution in [1.29, 1.82) is 0 Å². The Morgan fingerprint density at radius 2 is 2.12 bits per heavy atom. The quantitative estimate of drug-likeness (QED) is 0.555. The summed E-state index contributed by atoms with van der Waals surface area (Å²) in [6.07, 6.45) is 4.20. The molecule has 134 valence electrons. The smallest absolute Gasteiger partial charge is 0.254 e. The van der Waals surface area contributed by atoms with Crippen LogP contribution in [-0.4, -0.2) is 20.5 Å². The molecule has 0 saturated heterocycles. The van der Waals surface area contributed by atoms with Crippen molar-refractivity contribution in [2.75, 3.05) is 5.32 Å². The summed E-state index contributed by atoms with van der Waals surface area (Å²) in [4.78, 5) is 16.0. The number of carbonyl (C=O) groups excluding carboxylic acids is 1. The molecule has 3 rings (SSSR count). The second-order valence-electron chi connectivity index (χ2n) is 5.68. The molecule has 2 aromatic heterocycles. The molecule has 1 unspecified atom stereocenters. The molecule has 0 aliphatic carbocycles. The monoisotopic (exact) mass is 404 g/mol. The summed E-state index contributed by atoms with van der Waals surface area (Å²) in [5.74, 6) is -0.494. The molecule has 1 atom stereocenters. The number of benzene rings is 1. The number of aromatic nitrogens is 2. The van der Waals surface area contributed by atoms with E-state index in [0.29, 0.717) is 15.6 Å². The Morgan fingerprint density at radius 3 is 2.77 bits per heavy atom. The first kappa shape index (κ1) is 18.7. The van der Waals surface area contributed by atoms with Gasteiger partial charge in [-0.2, -0.15) is 4.37 Å². The molecule has 0 saturated carbocycles. The third kappa shape index (κ3) is 4.75. The second-order valence-corrected chi connectivity index (χ2v) is 8.32. The first-order valence-electron chi connectivity index (χ1n) is 7.90. The second kappa shape index (κ2) is 8.53. The molecule has 1 aromatic carbocycles. The van der Waals surface area contributed by atoms with E-state index in [-0.39, 0.29) is 5.25 Å². The highest BCUT2D eigenvalue weighted by molar-refractivity contribution is 8.00. The van der Waals surface area contributed by atoms with Gasteiger partial charge >= 0.3 is 0 Å². The SMILES string of the molecule is CC(Cc1ccc(Cl)cc1)Sc1nsc(Nc2cccnc2)c1C(N)=O. The molecule has 5 nitrogen and oxygen atoms in total. The maximum Gasteiger partial charge on any atom is 0.254 e. The summed E-state index contributed by atoms with van der Waals surface area (Å²) in [5, 5.41) is 5.39. The molecule has 2 heterocycles. The van der Waals surface area contributed by atoms with Gasteiger partial charge in [-0.05, 0) is 47.8 Å². The van der Waals surface area contributed by atoms with Crippen LogP contribution in [0.2, 0.25) is 5.02 Å². The summed E-state index contributed by atoms with van der Waals surface area (Å²) >= 11 is 8.69. The minimum Gasteiger partial charge on any atom is -0.365 e. The molecule has 8 heteroatoms. The first-order chi connectivity index (χ1) is 12.5. The highest BCUT2D eigenvalue weighted by atomic mass is 35.5. The van der Waals surface area contributed by atoms with Crippen molar-refractivity contribution in [3.8, 4) is 0 Å². The standard InChI is InChI=1S/C18H17ClN4OS2/c1-11(9-12-4-6-13(19)7-5-12)25-18-15(16(20)24)17(26-23-18)22-14-3-2-8-21-10-14/h2-8,10-11,22H,9H2,1H3,(H2,20,24). The average Bonchev–Trinajstić information content (AvgIpc) is 3.00. The van der Waals surface area contributed by atoms with Crippen molar-refractivity contribution in [2.24, 2.45) is 5.73 Å². The van der Waals surface area contributed by atoms with Gasteiger partial charge in [0.1, 0.15) is 15.6 Å². The van der Waals surface area contributed by atoms with Gasteiger partial charge in [0.05, 0.1) is 11.9 Å². The number of nitrogens with one attached hydrogen (secondary N) is 1. The van der Waals surface area contributed by atoms with E-state index >= 15 is 0 Å². The van der Waals surface area contributed by atoms with Crippen molar-refractivity contribution in [1.82, 2.24) is 9.36 Å². The van der Waals surface area contributed by atoms with Gasteiger partial charge in [-0.15, -0.1) is 11.8 Å². The topological polar surface area (TPSA) is 80.9 Å². The fourth-order valence-corrected chi connectivity index (χ4v) is 4.58. The predicted octanol–water partition coefficient (Wildman–Crippen LogP) is 4.76. The Hall–Kier alpha value is -2.09. The Balaban J connectivity index is 1.75. The highest BCUT2D eigenvalue weighted by Gasteiger charge is 2.21. The van der Waals surface area contributed by atoms with Crippen LogP contribution in [0.4, 0.5) is 10.7 Å². The summed E-state index contributed by atoms with van der Waals surface area (Å²) in [7, 11) is 0. The van der Waals surface area contributed by atoms with Crippen LogP contribution in [0.15, 0.2) is 53.8 Å². The molecule has 1 amide bonds. The van der Waals surface area contributed by atoms with Crippen molar-refractivity contribution >= 4 is 51.5 Å². The van der Waals surface area contributed by atoms with E-state index in [9.17, 15) is 4.79 Å². The molecular formula is C18H17ClN4OS2. The molecule has 0 radical (unpaired) electrons. The maximum absolute atomic E-state index is 12.0. The fourth-order valence-electron chi connectivity index (χ4n) is 2.41. The largest absolute Gasteiger partial charge is 0.365 e. The van der Waals surface area contributed by atoms with E-state index in [0.717, 1.165) is 17.1 Å². The molecule has 3 N–H and O–H groups in total. The van der Waals surface area contributed by atoms with Crippen molar-refractivity contribution < 1.29 is 4.79 Å². The van der Waals surface area contributed by atoms with Gasteiger partial charge in [-0.3, -0.25) is 9.78 Å². The number of primary amides is 1. The number of amides is 1. The summed E-state index contributed by atoms with van der Waals surface area (Å²) < 4.78 is 4.43. The lowest BCUT2D eigenvalue weighted by molar-refractivity contribution is 0.0998. The van der Waals surface area contributed by atoms with E-state index in [2.05, 4.69) is 21.6 Å². The molecule has 26 heavy (non-hydrogen) atoms. The van der Waals surface area contributed by atoms with Gasteiger partial charge in [0.25, 0.3) is 5.91 Å². The lowest BCUT2D eigenvalue weighted by Gasteiger charge is -2.11. The summed E-state index contributed by atoms with van der Waals surface area (Å²) in [6.45, 7) is 2.09. The highest BCUT2D eigenvalue weighted by Crippen LogP contribution is 2.36. The number of halogens is 1. The zero-order valence-electron chi connectivity index (χ0n) is 14.0. The van der Waals surface area contributed by atoms with Gasteiger partial charge < -0.3 is 11.1 Å². The first-order valence-corrected chi connectivity index (χ1v) is 9.93. The van der Waals surface area contributed by atoms with E-state index in [4.69, 9.17) is 17.3 Å². The lowest BCUT2D eigenvalue weighted by atomic mass is 10.1. The number of hydrogen-bond donors (Lipinski definition) is 2. The molecule has 0 bridgehead atoms.